The summed E-state index contributed by atoms with van der Waals surface area (Å²) in [6, 6.07) is 5.52. The van der Waals surface area contributed by atoms with Gasteiger partial charge in [-0.05, 0) is 36.2 Å². The van der Waals surface area contributed by atoms with E-state index in [1.54, 1.807) is 23.0 Å². The van der Waals surface area contributed by atoms with Crippen LogP contribution in [0, 0.1) is 11.3 Å². The number of rotatable bonds is 5. The lowest BCUT2D eigenvalue weighted by molar-refractivity contribution is 0.292. The molecule has 0 aliphatic carbocycles. The van der Waals surface area contributed by atoms with Crippen molar-refractivity contribution in [3.05, 3.63) is 41.9 Å². The predicted octanol–water partition coefficient (Wildman–Crippen LogP) is 3.70. The Morgan fingerprint density at radius 1 is 1.35 bits per heavy atom. The van der Waals surface area contributed by atoms with Gasteiger partial charge in [0.05, 0.1) is 17.8 Å². The lowest BCUT2D eigenvalue weighted by Gasteiger charge is -2.36. The van der Waals surface area contributed by atoms with Crippen molar-refractivity contribution in [2.75, 3.05) is 6.61 Å². The van der Waals surface area contributed by atoms with Crippen LogP contribution in [-0.4, -0.2) is 29.7 Å². The molecule has 0 aromatic carbocycles. The van der Waals surface area contributed by atoms with E-state index in [0.717, 1.165) is 12.0 Å². The maximum absolute atomic E-state index is 8.95. The Kier molecular flexibility index (Phi) is 5.02. The van der Waals surface area contributed by atoms with E-state index in [9.17, 15) is 0 Å². The largest absolute Gasteiger partial charge is 0.416 e. The van der Waals surface area contributed by atoms with Crippen LogP contribution in [0.5, 0.6) is 0 Å². The molecule has 0 saturated carbocycles. The number of aromatic nitrogens is 3. The van der Waals surface area contributed by atoms with Crippen molar-refractivity contribution in [1.29, 1.82) is 5.26 Å². The van der Waals surface area contributed by atoms with Gasteiger partial charge < -0.3 is 4.43 Å². The highest BCUT2D eigenvalue weighted by Crippen LogP contribution is 2.36. The van der Waals surface area contributed by atoms with Gasteiger partial charge in [-0.25, -0.2) is 9.67 Å². The molecule has 5 nitrogen and oxygen atoms in total. The quantitative estimate of drug-likeness (QED) is 0.785. The van der Waals surface area contributed by atoms with Crippen molar-refractivity contribution < 1.29 is 4.43 Å². The van der Waals surface area contributed by atoms with Crippen molar-refractivity contribution in [3.8, 4) is 11.9 Å². The minimum absolute atomic E-state index is 0.221. The van der Waals surface area contributed by atoms with Crippen LogP contribution in [0.4, 0.5) is 0 Å². The summed E-state index contributed by atoms with van der Waals surface area (Å²) in [6.07, 6.45) is 6.22. The van der Waals surface area contributed by atoms with Crippen molar-refractivity contribution in [2.24, 2.45) is 0 Å². The molecule has 0 unspecified atom stereocenters. The SMILES string of the molecule is CC(C)(C)[Si](C)(C)OCCc1cnn(-c2cc(C#N)ccn2)c1. The topological polar surface area (TPSA) is 63.7 Å². The monoisotopic (exact) mass is 328 g/mol. The van der Waals surface area contributed by atoms with Crippen LogP contribution in [0.2, 0.25) is 18.1 Å². The number of hydrogen-bond donors (Lipinski definition) is 0. The van der Waals surface area contributed by atoms with Crippen LogP contribution in [0.25, 0.3) is 5.82 Å². The van der Waals surface area contributed by atoms with Gasteiger partial charge in [0.1, 0.15) is 0 Å². The fourth-order valence-corrected chi connectivity index (χ4v) is 2.91. The van der Waals surface area contributed by atoms with E-state index < -0.39 is 8.32 Å². The molecule has 2 aromatic heterocycles. The summed E-state index contributed by atoms with van der Waals surface area (Å²) in [4.78, 5) is 4.25. The summed E-state index contributed by atoms with van der Waals surface area (Å²) in [7, 11) is -1.70. The zero-order valence-corrected chi connectivity index (χ0v) is 15.5. The molecular formula is C17H24N4OSi. The average Bonchev–Trinajstić information content (AvgIpc) is 2.95. The van der Waals surface area contributed by atoms with Gasteiger partial charge in [-0.2, -0.15) is 10.4 Å². The van der Waals surface area contributed by atoms with Gasteiger partial charge in [0.25, 0.3) is 0 Å². The molecule has 23 heavy (non-hydrogen) atoms. The average molecular weight is 328 g/mol. The molecule has 2 rings (SSSR count). The van der Waals surface area contributed by atoms with E-state index in [1.807, 2.05) is 12.4 Å². The summed E-state index contributed by atoms with van der Waals surface area (Å²) in [5.74, 6) is 0.653. The zero-order chi connectivity index (χ0) is 17.1. The molecule has 122 valence electrons. The zero-order valence-electron chi connectivity index (χ0n) is 14.5. The van der Waals surface area contributed by atoms with E-state index in [2.05, 4.69) is 50.0 Å². The molecule has 0 radical (unpaired) electrons. The van der Waals surface area contributed by atoms with E-state index >= 15 is 0 Å². The van der Waals surface area contributed by atoms with E-state index in [4.69, 9.17) is 9.69 Å². The molecule has 2 heterocycles. The highest BCUT2D eigenvalue weighted by molar-refractivity contribution is 6.74. The normalized spacial score (nSPS) is 12.2. The molecule has 0 atom stereocenters. The summed E-state index contributed by atoms with van der Waals surface area (Å²) < 4.78 is 7.89. The first-order chi connectivity index (χ1) is 10.7. The minimum Gasteiger partial charge on any atom is -0.416 e. The molecule has 2 aromatic rings. The van der Waals surface area contributed by atoms with Gasteiger partial charge in [-0.3, -0.25) is 0 Å². The Labute approximate surface area is 139 Å². The first-order valence-corrected chi connectivity index (χ1v) is 10.7. The Balaban J connectivity index is 1.99. The Hall–Kier alpha value is -1.97. The molecule has 0 saturated heterocycles. The van der Waals surface area contributed by atoms with E-state index in [0.29, 0.717) is 18.0 Å². The van der Waals surface area contributed by atoms with Crippen LogP contribution >= 0.6 is 0 Å². The second-order valence-corrected chi connectivity index (χ2v) is 12.0. The third-order valence-corrected chi connectivity index (χ3v) is 8.94. The Bertz CT molecular complexity index is 710. The molecule has 0 aliphatic rings. The fraction of sp³-hybridized carbons (Fsp3) is 0.471. The van der Waals surface area contributed by atoms with Gasteiger partial charge >= 0.3 is 0 Å². The third-order valence-electron chi connectivity index (χ3n) is 4.41. The van der Waals surface area contributed by atoms with Crippen molar-refractivity contribution in [2.45, 2.75) is 45.3 Å². The molecule has 6 heteroatoms. The first kappa shape index (κ1) is 17.4. The smallest absolute Gasteiger partial charge is 0.191 e. The van der Waals surface area contributed by atoms with Gasteiger partial charge in [0.2, 0.25) is 0 Å². The Morgan fingerprint density at radius 2 is 2.09 bits per heavy atom. The molecule has 0 N–H and O–H groups in total. The van der Waals surface area contributed by atoms with Crippen molar-refractivity contribution in [3.63, 3.8) is 0 Å². The summed E-state index contributed by atoms with van der Waals surface area (Å²) in [5.41, 5.74) is 1.68. The Morgan fingerprint density at radius 3 is 2.74 bits per heavy atom. The summed E-state index contributed by atoms with van der Waals surface area (Å²) >= 11 is 0. The maximum atomic E-state index is 8.95. The number of hydrogen-bond acceptors (Lipinski definition) is 4. The van der Waals surface area contributed by atoms with Crippen LogP contribution in [0.1, 0.15) is 31.9 Å². The van der Waals surface area contributed by atoms with Crippen LogP contribution < -0.4 is 0 Å². The number of nitrogens with zero attached hydrogens (tertiary/aromatic N) is 4. The maximum Gasteiger partial charge on any atom is 0.191 e. The van der Waals surface area contributed by atoms with Crippen LogP contribution in [-0.2, 0) is 10.8 Å². The van der Waals surface area contributed by atoms with Crippen LogP contribution in [0.15, 0.2) is 30.7 Å². The molecule has 0 bridgehead atoms. The highest BCUT2D eigenvalue weighted by Gasteiger charge is 2.36. The third kappa shape index (κ3) is 4.27. The molecule has 0 spiro atoms. The molecule has 0 aliphatic heterocycles. The van der Waals surface area contributed by atoms with Crippen molar-refractivity contribution >= 4 is 8.32 Å². The molecule has 0 amide bonds. The molecular weight excluding hydrogens is 304 g/mol. The highest BCUT2D eigenvalue weighted by atomic mass is 28.4. The molecule has 0 fully saturated rings. The predicted molar refractivity (Wildman–Crippen MR) is 92.9 cm³/mol. The van der Waals surface area contributed by atoms with Crippen LogP contribution in [0.3, 0.4) is 0 Å². The standard InChI is InChI=1S/C17H24N4OSi/c1-17(2,3)23(4,5)22-9-7-15-12-20-21(13-15)16-10-14(11-18)6-8-19-16/h6,8,10,12-13H,7,9H2,1-5H3. The van der Waals surface area contributed by atoms with E-state index in [-0.39, 0.29) is 5.04 Å². The lowest BCUT2D eigenvalue weighted by atomic mass is 10.2. The first-order valence-electron chi connectivity index (χ1n) is 7.77. The minimum atomic E-state index is -1.70. The van der Waals surface area contributed by atoms with Gasteiger partial charge in [-0.1, -0.05) is 20.8 Å². The van der Waals surface area contributed by atoms with Gasteiger partial charge in [0, 0.05) is 25.1 Å². The van der Waals surface area contributed by atoms with Gasteiger partial charge in [0.15, 0.2) is 14.1 Å². The summed E-state index contributed by atoms with van der Waals surface area (Å²) in [5, 5.41) is 13.5. The second-order valence-electron chi connectivity index (χ2n) is 7.17. The summed E-state index contributed by atoms with van der Waals surface area (Å²) in [6.45, 7) is 11.9. The lowest BCUT2D eigenvalue weighted by Crippen LogP contribution is -2.41. The number of nitriles is 1. The van der Waals surface area contributed by atoms with E-state index in [1.165, 1.54) is 0 Å². The fourth-order valence-electron chi connectivity index (χ4n) is 1.87. The second kappa shape index (κ2) is 6.65. The number of pyridine rings is 1. The van der Waals surface area contributed by atoms with Crippen molar-refractivity contribution in [1.82, 2.24) is 14.8 Å². The van der Waals surface area contributed by atoms with Gasteiger partial charge in [-0.15, -0.1) is 0 Å².